The van der Waals surface area contributed by atoms with Crippen molar-refractivity contribution in [1.29, 1.82) is 0 Å². The van der Waals surface area contributed by atoms with Crippen LogP contribution >= 0.6 is 11.8 Å². The van der Waals surface area contributed by atoms with Crippen LogP contribution in [0.25, 0.3) is 11.1 Å². The van der Waals surface area contributed by atoms with Crippen LogP contribution in [0.2, 0.25) is 0 Å². The van der Waals surface area contributed by atoms with E-state index in [0.29, 0.717) is 48.5 Å². The summed E-state index contributed by atoms with van der Waals surface area (Å²) < 4.78 is 42.0. The van der Waals surface area contributed by atoms with Gasteiger partial charge in [-0.1, -0.05) is 23.9 Å². The monoisotopic (exact) mass is 494 g/mol. The number of fused-ring (bicyclic) bond motifs is 1. The van der Waals surface area contributed by atoms with E-state index in [4.69, 9.17) is 23.9 Å². The predicted octanol–water partition coefficient (Wildman–Crippen LogP) is 3.46. The number of nitrogens with zero attached hydrogens (tertiary/aromatic N) is 1. The van der Waals surface area contributed by atoms with Gasteiger partial charge in [0.1, 0.15) is 11.3 Å². The number of amides is 1. The summed E-state index contributed by atoms with van der Waals surface area (Å²) in [4.78, 5) is 13.6. The maximum Gasteiger partial charge on any atom is 0.256 e. The van der Waals surface area contributed by atoms with Gasteiger partial charge in [-0.25, -0.2) is 18.9 Å². The number of carbonyl (C=O) groups is 1. The van der Waals surface area contributed by atoms with E-state index in [9.17, 15) is 8.42 Å². The molecule has 2 N–H and O–H groups in total. The molecule has 1 saturated heterocycles. The smallest absolute Gasteiger partial charge is 0.256 e. The zero-order valence-electron chi connectivity index (χ0n) is 17.9. The van der Waals surface area contributed by atoms with E-state index < -0.39 is 9.84 Å². The van der Waals surface area contributed by atoms with E-state index in [1.807, 2.05) is 24.3 Å². The highest BCUT2D eigenvalue weighted by Crippen LogP contribution is 2.26. The molecular formula is C22H26N2O7S2. The van der Waals surface area contributed by atoms with Gasteiger partial charge in [0.2, 0.25) is 6.41 Å². The summed E-state index contributed by atoms with van der Waals surface area (Å²) in [6.07, 6.45) is 2.11. The minimum absolute atomic E-state index is 0.181. The summed E-state index contributed by atoms with van der Waals surface area (Å²) in [7, 11) is -3.31. The Morgan fingerprint density at radius 2 is 1.85 bits per heavy atom. The summed E-state index contributed by atoms with van der Waals surface area (Å²) in [5.41, 5.74) is 2.91. The number of nitrogens with one attached hydrogen (secondary N) is 1. The minimum atomic E-state index is -3.31. The number of para-hydroxylation sites is 2. The largest absolute Gasteiger partial charge is 0.494 e. The lowest BCUT2D eigenvalue weighted by Crippen LogP contribution is -2.28. The molecule has 11 heteroatoms. The minimum Gasteiger partial charge on any atom is -0.494 e. The average molecular weight is 495 g/mol. The number of thioether (sulfide) groups is 1. The lowest BCUT2D eigenvalue weighted by Gasteiger charge is -2.22. The molecule has 4 rings (SSSR count). The molecular weight excluding hydrogens is 468 g/mol. The van der Waals surface area contributed by atoms with Crippen molar-refractivity contribution in [3.05, 3.63) is 48.5 Å². The van der Waals surface area contributed by atoms with Gasteiger partial charge in [0.25, 0.3) is 5.22 Å². The first-order chi connectivity index (χ1) is 16.0. The third-order valence-electron chi connectivity index (χ3n) is 4.87. The van der Waals surface area contributed by atoms with E-state index >= 15 is 0 Å². The van der Waals surface area contributed by atoms with Gasteiger partial charge in [-0.05, 0) is 55.7 Å². The van der Waals surface area contributed by atoms with Crippen LogP contribution in [0.15, 0.2) is 63.1 Å². The molecule has 3 aromatic rings. The van der Waals surface area contributed by atoms with E-state index in [1.165, 1.54) is 5.48 Å². The normalized spacial score (nSPS) is 14.3. The number of rotatable bonds is 9. The fourth-order valence-electron chi connectivity index (χ4n) is 3.23. The molecule has 2 aromatic carbocycles. The number of hydrogen-bond donors (Lipinski definition) is 2. The van der Waals surface area contributed by atoms with Crippen molar-refractivity contribution >= 4 is 39.1 Å². The fraction of sp³-hybridized carbons (Fsp3) is 0.364. The summed E-state index contributed by atoms with van der Waals surface area (Å²) in [6, 6.07) is 14.4. The van der Waals surface area contributed by atoms with Crippen molar-refractivity contribution in [1.82, 2.24) is 10.5 Å². The number of sulfone groups is 1. The first-order valence-electron chi connectivity index (χ1n) is 10.4. The van der Waals surface area contributed by atoms with Crippen molar-refractivity contribution in [2.75, 3.05) is 25.6 Å². The lowest BCUT2D eigenvalue weighted by molar-refractivity contribution is -0.116. The molecule has 33 heavy (non-hydrogen) atoms. The van der Waals surface area contributed by atoms with Crippen molar-refractivity contribution in [3.8, 4) is 5.75 Å². The maximum atomic E-state index is 12.7. The van der Waals surface area contributed by atoms with Crippen LogP contribution in [0, 0.1) is 0 Å². The Labute approximate surface area is 196 Å². The van der Waals surface area contributed by atoms with Crippen LogP contribution in [0.5, 0.6) is 5.75 Å². The Hall–Kier alpha value is -2.60. The number of ether oxygens (including phenoxy) is 2. The van der Waals surface area contributed by atoms with Crippen molar-refractivity contribution < 1.29 is 32.3 Å². The number of carbonyl (C=O) groups excluding carboxylic acids is 1. The average Bonchev–Trinajstić information content (AvgIpc) is 3.28. The molecule has 1 amide bonds. The highest BCUT2D eigenvalue weighted by molar-refractivity contribution is 7.99. The molecule has 1 aliphatic heterocycles. The standard InChI is InChI=1S/C21H23NO5S2.CH3NO2/c23-29(24,18-10-13-25-14-11-18)17-8-6-16(7-9-17)26-12-3-15-28-21-22-19-4-1-2-5-20(19)27-21;3-1-2-4/h1-2,4-9,18H,3,10-15H2;1,4H,(H,2,3). The Kier molecular flexibility index (Phi) is 9.55. The van der Waals surface area contributed by atoms with E-state index in [2.05, 4.69) is 4.98 Å². The van der Waals surface area contributed by atoms with Crippen LogP contribution in [0.4, 0.5) is 0 Å². The number of benzene rings is 2. The molecule has 0 saturated carbocycles. The van der Waals surface area contributed by atoms with Gasteiger partial charge in [0, 0.05) is 19.0 Å². The quantitative estimate of drug-likeness (QED) is 0.151. The number of aromatic nitrogens is 1. The molecule has 0 bridgehead atoms. The molecule has 9 nitrogen and oxygen atoms in total. The molecule has 0 atom stereocenters. The third-order valence-corrected chi connectivity index (χ3v) is 8.06. The molecule has 1 fully saturated rings. The van der Waals surface area contributed by atoms with Crippen LogP contribution in [-0.2, 0) is 19.4 Å². The Morgan fingerprint density at radius 3 is 2.52 bits per heavy atom. The molecule has 0 radical (unpaired) electrons. The topological polar surface area (TPSA) is 128 Å². The lowest BCUT2D eigenvalue weighted by atomic mass is 10.2. The first kappa shape index (κ1) is 25.0. The van der Waals surface area contributed by atoms with Gasteiger partial charge in [-0.3, -0.25) is 10.0 Å². The van der Waals surface area contributed by atoms with Crippen molar-refractivity contribution in [3.63, 3.8) is 0 Å². The molecule has 2 heterocycles. The molecule has 0 aliphatic carbocycles. The Morgan fingerprint density at radius 1 is 1.15 bits per heavy atom. The van der Waals surface area contributed by atoms with Crippen LogP contribution in [0.1, 0.15) is 19.3 Å². The molecule has 178 valence electrons. The zero-order chi connectivity index (χ0) is 23.5. The number of hydrogen-bond acceptors (Lipinski definition) is 9. The summed E-state index contributed by atoms with van der Waals surface area (Å²) >= 11 is 1.56. The molecule has 0 unspecified atom stereocenters. The second-order valence-corrected chi connectivity index (χ2v) is 10.3. The van der Waals surface area contributed by atoms with Gasteiger partial charge < -0.3 is 13.9 Å². The van der Waals surface area contributed by atoms with Gasteiger partial charge in [0.15, 0.2) is 15.4 Å². The third kappa shape index (κ3) is 7.19. The summed E-state index contributed by atoms with van der Waals surface area (Å²) in [5, 5.41) is 7.56. The number of oxazole rings is 1. The van der Waals surface area contributed by atoms with Crippen molar-refractivity contribution in [2.45, 2.75) is 34.6 Å². The molecule has 1 aliphatic rings. The van der Waals surface area contributed by atoms with Crippen LogP contribution in [0.3, 0.4) is 0 Å². The molecule has 0 spiro atoms. The van der Waals surface area contributed by atoms with Crippen molar-refractivity contribution in [2.24, 2.45) is 0 Å². The van der Waals surface area contributed by atoms with Gasteiger partial charge in [-0.2, -0.15) is 0 Å². The summed E-state index contributed by atoms with van der Waals surface area (Å²) in [6.45, 7) is 1.55. The first-order valence-corrected chi connectivity index (χ1v) is 12.9. The Balaban J connectivity index is 0.000000709. The zero-order valence-corrected chi connectivity index (χ0v) is 19.5. The van der Waals surface area contributed by atoms with E-state index in [0.717, 1.165) is 23.3 Å². The summed E-state index contributed by atoms with van der Waals surface area (Å²) in [5.74, 6) is 1.49. The number of hydroxylamine groups is 1. The van der Waals surface area contributed by atoms with Crippen LogP contribution in [-0.4, -0.2) is 55.8 Å². The SMILES string of the molecule is O=CNO.O=S(=O)(c1ccc(OCCCSc2nc3ccccc3o2)cc1)C1CCOCC1. The van der Waals surface area contributed by atoms with Gasteiger partial charge >= 0.3 is 0 Å². The van der Waals surface area contributed by atoms with E-state index in [-0.39, 0.29) is 11.7 Å². The predicted molar refractivity (Wildman–Crippen MR) is 123 cm³/mol. The second kappa shape index (κ2) is 12.6. The Bertz CT molecular complexity index is 1080. The fourth-order valence-corrected chi connectivity index (χ4v) is 5.69. The van der Waals surface area contributed by atoms with E-state index in [1.54, 1.807) is 36.0 Å². The molecule has 1 aromatic heterocycles. The van der Waals surface area contributed by atoms with Crippen LogP contribution < -0.4 is 10.2 Å². The second-order valence-electron chi connectivity index (χ2n) is 7.07. The van der Waals surface area contributed by atoms with Gasteiger partial charge in [0.05, 0.1) is 16.8 Å². The van der Waals surface area contributed by atoms with Gasteiger partial charge in [-0.15, -0.1) is 0 Å². The maximum absolute atomic E-state index is 12.7. The highest BCUT2D eigenvalue weighted by atomic mass is 32.2. The highest BCUT2D eigenvalue weighted by Gasteiger charge is 2.29.